The van der Waals surface area contributed by atoms with Gasteiger partial charge in [-0.25, -0.2) is 8.78 Å². The van der Waals surface area contributed by atoms with Crippen molar-refractivity contribution in [1.82, 2.24) is 9.80 Å². The molecular weight excluding hydrogens is 298 g/mol. The second-order valence-electron chi connectivity index (χ2n) is 6.13. The zero-order valence-corrected chi connectivity index (χ0v) is 14.2. The Morgan fingerprint density at radius 2 is 1.74 bits per heavy atom. The summed E-state index contributed by atoms with van der Waals surface area (Å²) in [5.74, 6) is -0.403. The number of allylic oxidation sites excluding steroid dienone is 1. The summed E-state index contributed by atoms with van der Waals surface area (Å²) in [6.07, 6.45) is 1.66. The highest BCUT2D eigenvalue weighted by Crippen LogP contribution is 2.30. The van der Waals surface area contributed by atoms with E-state index in [4.69, 9.17) is 5.11 Å². The number of rotatable bonds is 5. The van der Waals surface area contributed by atoms with E-state index in [1.807, 2.05) is 4.90 Å². The van der Waals surface area contributed by atoms with Crippen LogP contribution >= 0.6 is 0 Å². The molecule has 1 saturated heterocycles. The standard InChI is InChI=1S/C17H24F2N2.CH4O/c1-12-5-7-20(9-12)10-13(2)21-8-6-16(14(3)18)17(11-21)15(4)19;1-2/h12H,2-11H2,1H3;2H,1H3. The number of aliphatic hydroxyl groups excluding tert-OH is 1. The van der Waals surface area contributed by atoms with Gasteiger partial charge in [-0.05, 0) is 30.9 Å². The molecule has 1 fully saturated rings. The SMILES string of the molecule is C=C(F)C1=C(C(=C)F)CN(C(=C)CN2CCC(C)C2)CC1.CO. The van der Waals surface area contributed by atoms with Crippen molar-refractivity contribution in [2.75, 3.05) is 39.8 Å². The lowest BCUT2D eigenvalue weighted by Crippen LogP contribution is -2.36. The molecule has 0 radical (unpaired) electrons. The van der Waals surface area contributed by atoms with E-state index in [0.29, 0.717) is 30.7 Å². The minimum Gasteiger partial charge on any atom is -0.400 e. The minimum absolute atomic E-state index is 0.324. The summed E-state index contributed by atoms with van der Waals surface area (Å²) in [7, 11) is 1.00. The summed E-state index contributed by atoms with van der Waals surface area (Å²) < 4.78 is 27.0. The van der Waals surface area contributed by atoms with Crippen molar-refractivity contribution in [3.63, 3.8) is 0 Å². The number of hydrogen-bond acceptors (Lipinski definition) is 3. The van der Waals surface area contributed by atoms with E-state index in [-0.39, 0.29) is 0 Å². The lowest BCUT2D eigenvalue weighted by atomic mass is 9.98. The number of hydrogen-bond donors (Lipinski definition) is 1. The molecule has 1 atom stereocenters. The fourth-order valence-electron chi connectivity index (χ4n) is 3.11. The van der Waals surface area contributed by atoms with Gasteiger partial charge >= 0.3 is 0 Å². The van der Waals surface area contributed by atoms with Crippen LogP contribution < -0.4 is 0 Å². The van der Waals surface area contributed by atoms with Gasteiger partial charge in [-0.15, -0.1) is 0 Å². The van der Waals surface area contributed by atoms with E-state index >= 15 is 0 Å². The summed E-state index contributed by atoms with van der Waals surface area (Å²) in [4.78, 5) is 4.39. The Morgan fingerprint density at radius 1 is 1.13 bits per heavy atom. The predicted molar refractivity (Wildman–Crippen MR) is 91.2 cm³/mol. The van der Waals surface area contributed by atoms with E-state index in [2.05, 4.69) is 31.6 Å². The van der Waals surface area contributed by atoms with E-state index in [1.165, 1.54) is 6.42 Å². The molecule has 0 aromatic carbocycles. The average Bonchev–Trinajstić information content (AvgIpc) is 2.93. The molecule has 0 amide bonds. The first kappa shape index (κ1) is 19.6. The fourth-order valence-corrected chi connectivity index (χ4v) is 3.11. The molecule has 0 spiro atoms. The Kier molecular flexibility index (Phi) is 7.65. The Balaban J connectivity index is 0.00000127. The highest BCUT2D eigenvalue weighted by molar-refractivity contribution is 5.41. The second kappa shape index (κ2) is 8.99. The molecule has 2 aliphatic heterocycles. The van der Waals surface area contributed by atoms with Gasteiger partial charge in [0, 0.05) is 44.6 Å². The quantitative estimate of drug-likeness (QED) is 0.838. The number of nitrogens with zero attached hydrogens (tertiary/aromatic N) is 2. The molecule has 2 heterocycles. The van der Waals surface area contributed by atoms with Crippen molar-refractivity contribution in [2.45, 2.75) is 19.8 Å². The zero-order chi connectivity index (χ0) is 17.6. The van der Waals surface area contributed by atoms with Crippen LogP contribution in [0.4, 0.5) is 8.78 Å². The van der Waals surface area contributed by atoms with Crippen molar-refractivity contribution >= 4 is 0 Å². The summed E-state index contributed by atoms with van der Waals surface area (Å²) in [6, 6.07) is 0. The van der Waals surface area contributed by atoms with E-state index in [0.717, 1.165) is 38.4 Å². The maximum atomic E-state index is 13.6. The predicted octanol–water partition coefficient (Wildman–Crippen LogP) is 3.42. The number of likely N-dealkylation sites (tertiary alicyclic amines) is 1. The molecule has 1 N–H and O–H groups in total. The molecule has 2 aliphatic rings. The van der Waals surface area contributed by atoms with E-state index in [9.17, 15) is 8.78 Å². The van der Waals surface area contributed by atoms with E-state index < -0.39 is 11.7 Å². The second-order valence-corrected chi connectivity index (χ2v) is 6.13. The third kappa shape index (κ3) is 5.29. The first-order valence-electron chi connectivity index (χ1n) is 7.90. The van der Waals surface area contributed by atoms with Crippen LogP contribution in [0.3, 0.4) is 0 Å². The van der Waals surface area contributed by atoms with E-state index in [1.54, 1.807) is 0 Å². The summed E-state index contributed by atoms with van der Waals surface area (Å²) in [5.41, 5.74) is 1.65. The summed E-state index contributed by atoms with van der Waals surface area (Å²) >= 11 is 0. The van der Waals surface area contributed by atoms with Crippen molar-refractivity contribution in [3.8, 4) is 0 Å². The Bertz CT molecular complexity index is 499. The van der Waals surface area contributed by atoms with Crippen LogP contribution in [0.1, 0.15) is 19.8 Å². The van der Waals surface area contributed by atoms with Gasteiger partial charge in [0.05, 0.1) is 0 Å². The van der Waals surface area contributed by atoms with Gasteiger partial charge < -0.3 is 10.0 Å². The van der Waals surface area contributed by atoms with Gasteiger partial charge in [0.2, 0.25) is 0 Å². The first-order valence-corrected chi connectivity index (χ1v) is 7.90. The Labute approximate surface area is 138 Å². The van der Waals surface area contributed by atoms with Gasteiger partial charge in [-0.3, -0.25) is 4.90 Å². The molecule has 2 rings (SSSR count). The van der Waals surface area contributed by atoms with Gasteiger partial charge in [0.1, 0.15) is 11.7 Å². The van der Waals surface area contributed by atoms with Crippen LogP contribution in [-0.4, -0.2) is 54.7 Å². The van der Waals surface area contributed by atoms with Crippen LogP contribution in [0.15, 0.2) is 48.2 Å². The molecule has 1 unspecified atom stereocenters. The maximum Gasteiger partial charge on any atom is 0.121 e. The first-order chi connectivity index (χ1) is 10.9. The lowest BCUT2D eigenvalue weighted by Gasteiger charge is -2.34. The topological polar surface area (TPSA) is 26.7 Å². The maximum absolute atomic E-state index is 13.6. The third-order valence-electron chi connectivity index (χ3n) is 4.36. The molecule has 3 nitrogen and oxygen atoms in total. The average molecular weight is 326 g/mol. The van der Waals surface area contributed by atoms with Crippen molar-refractivity contribution < 1.29 is 13.9 Å². The van der Waals surface area contributed by atoms with Crippen LogP contribution in [0, 0.1) is 5.92 Å². The van der Waals surface area contributed by atoms with Crippen LogP contribution in [0.2, 0.25) is 0 Å². The molecule has 0 aliphatic carbocycles. The Hall–Kier alpha value is -1.46. The normalized spacial score (nSPS) is 21.8. The third-order valence-corrected chi connectivity index (χ3v) is 4.36. The smallest absolute Gasteiger partial charge is 0.121 e. The number of halogens is 2. The van der Waals surface area contributed by atoms with Gasteiger partial charge in [-0.2, -0.15) is 0 Å². The lowest BCUT2D eigenvalue weighted by molar-refractivity contribution is 0.281. The molecule has 0 aromatic rings. The molecular formula is C18H28F2N2O. The molecule has 5 heteroatoms. The van der Waals surface area contributed by atoms with Gasteiger partial charge in [-0.1, -0.05) is 26.7 Å². The van der Waals surface area contributed by atoms with Crippen molar-refractivity contribution in [1.29, 1.82) is 0 Å². The van der Waals surface area contributed by atoms with Crippen LogP contribution in [0.25, 0.3) is 0 Å². The van der Waals surface area contributed by atoms with Crippen molar-refractivity contribution in [2.24, 2.45) is 5.92 Å². The highest BCUT2D eigenvalue weighted by atomic mass is 19.1. The zero-order valence-electron chi connectivity index (χ0n) is 14.2. The minimum atomic E-state index is -0.573. The highest BCUT2D eigenvalue weighted by Gasteiger charge is 2.25. The molecule has 130 valence electrons. The van der Waals surface area contributed by atoms with Gasteiger partial charge in [0.25, 0.3) is 0 Å². The van der Waals surface area contributed by atoms with Gasteiger partial charge in [0.15, 0.2) is 0 Å². The molecule has 0 bridgehead atoms. The van der Waals surface area contributed by atoms with Crippen LogP contribution in [-0.2, 0) is 0 Å². The summed E-state index contributed by atoms with van der Waals surface area (Å²) in [6.45, 7) is 16.9. The monoisotopic (exact) mass is 326 g/mol. The summed E-state index contributed by atoms with van der Waals surface area (Å²) in [5, 5.41) is 7.00. The fraction of sp³-hybridized carbons (Fsp3) is 0.556. The van der Waals surface area contributed by atoms with Crippen molar-refractivity contribution in [3.05, 3.63) is 48.2 Å². The largest absolute Gasteiger partial charge is 0.400 e. The van der Waals surface area contributed by atoms with Crippen LogP contribution in [0.5, 0.6) is 0 Å². The molecule has 0 saturated carbocycles. The Morgan fingerprint density at radius 3 is 2.22 bits per heavy atom. The molecule has 0 aromatic heterocycles. The number of aliphatic hydroxyl groups is 1. The molecule has 23 heavy (non-hydrogen) atoms.